The van der Waals surface area contributed by atoms with Gasteiger partial charge in [-0.3, -0.25) is 29.0 Å². The molecule has 2 saturated heterocycles. The van der Waals surface area contributed by atoms with Gasteiger partial charge >= 0.3 is 5.97 Å². The topological polar surface area (TPSA) is 101 Å². The molecule has 8 nitrogen and oxygen atoms in total. The average Bonchev–Trinajstić information content (AvgIpc) is 3.41. The third kappa shape index (κ3) is 3.63. The maximum Gasteiger partial charge on any atom is 0.339 e. The van der Waals surface area contributed by atoms with E-state index < -0.39 is 65.1 Å². The highest BCUT2D eigenvalue weighted by Crippen LogP contribution is 2.61. The first-order valence-electron chi connectivity index (χ1n) is 13.6. The molecular weight excluding hydrogens is 520 g/mol. The van der Waals surface area contributed by atoms with Crippen molar-refractivity contribution in [1.29, 1.82) is 0 Å². The van der Waals surface area contributed by atoms with Crippen molar-refractivity contribution < 1.29 is 28.7 Å². The number of esters is 1. The molecule has 2 bridgehead atoms. The molecule has 1 saturated carbocycles. The molecule has 0 aromatic heterocycles. The summed E-state index contributed by atoms with van der Waals surface area (Å²) >= 11 is 0. The maximum atomic E-state index is 14.0. The second-order valence-corrected chi connectivity index (χ2v) is 11.2. The second kappa shape index (κ2) is 9.09. The van der Waals surface area contributed by atoms with E-state index in [4.69, 9.17) is 4.74 Å². The number of hydrogen-bond acceptors (Lipinski definition) is 6. The number of para-hydroxylation sites is 1. The van der Waals surface area contributed by atoms with Gasteiger partial charge in [0.25, 0.3) is 0 Å². The molecule has 2 heterocycles. The monoisotopic (exact) mass is 546 g/mol. The summed E-state index contributed by atoms with van der Waals surface area (Å²) in [5.41, 5.74) is 2.97. The number of carbonyl (C=O) groups excluding carboxylic acids is 5. The number of amides is 4. The van der Waals surface area contributed by atoms with Gasteiger partial charge in [-0.05, 0) is 50.2 Å². The van der Waals surface area contributed by atoms with Crippen LogP contribution in [0.5, 0.6) is 5.75 Å². The molecular formula is C33H26N2O6. The van der Waals surface area contributed by atoms with E-state index in [1.165, 1.54) is 0 Å². The SMILES string of the molecule is Cc1ccc(N2C(=O)C3C4C=C(C(=O)Oc5ccccc5)C(C3C2=O)C2C(=O)N(c3ccc(C)cc3)C(=O)C42)cc1. The second-order valence-electron chi connectivity index (χ2n) is 11.2. The minimum absolute atomic E-state index is 0.167. The van der Waals surface area contributed by atoms with Gasteiger partial charge in [0.2, 0.25) is 23.6 Å². The Morgan fingerprint density at radius 2 is 1.02 bits per heavy atom. The summed E-state index contributed by atoms with van der Waals surface area (Å²) in [6, 6.07) is 22.6. The lowest BCUT2D eigenvalue weighted by Crippen LogP contribution is -2.53. The molecule has 4 unspecified atom stereocenters. The van der Waals surface area contributed by atoms with Gasteiger partial charge < -0.3 is 4.74 Å². The van der Waals surface area contributed by atoms with E-state index in [-0.39, 0.29) is 5.57 Å². The molecule has 0 radical (unpaired) electrons. The van der Waals surface area contributed by atoms with Gasteiger partial charge in [0.15, 0.2) is 0 Å². The van der Waals surface area contributed by atoms with Crippen molar-refractivity contribution >= 4 is 41.0 Å². The van der Waals surface area contributed by atoms with Crippen LogP contribution >= 0.6 is 0 Å². The summed E-state index contributed by atoms with van der Waals surface area (Å²) in [4.78, 5) is 71.8. The normalized spacial score (nSPS) is 28.1. The fourth-order valence-electron chi connectivity index (χ4n) is 7.10. The minimum atomic E-state index is -0.981. The van der Waals surface area contributed by atoms with Crippen molar-refractivity contribution in [3.05, 3.63) is 102 Å². The van der Waals surface area contributed by atoms with Crippen LogP contribution in [-0.4, -0.2) is 29.6 Å². The first kappa shape index (κ1) is 25.1. The minimum Gasteiger partial charge on any atom is -0.423 e. The van der Waals surface area contributed by atoms with Crippen molar-refractivity contribution in [3.8, 4) is 5.75 Å². The molecule has 8 rings (SSSR count). The summed E-state index contributed by atoms with van der Waals surface area (Å²) in [7, 11) is 0. The van der Waals surface area contributed by atoms with Gasteiger partial charge in [0.1, 0.15) is 5.75 Å². The number of anilines is 2. The Morgan fingerprint density at radius 1 is 0.585 bits per heavy atom. The fourth-order valence-corrected chi connectivity index (χ4v) is 7.10. The van der Waals surface area contributed by atoms with Crippen LogP contribution in [0.1, 0.15) is 11.1 Å². The molecule has 0 spiro atoms. The number of benzene rings is 3. The summed E-state index contributed by atoms with van der Waals surface area (Å²) in [6.07, 6.45) is 1.62. The highest BCUT2D eigenvalue weighted by molar-refractivity contribution is 6.27. The van der Waals surface area contributed by atoms with Crippen molar-refractivity contribution in [3.63, 3.8) is 0 Å². The summed E-state index contributed by atoms with van der Waals surface area (Å²) < 4.78 is 5.65. The summed E-state index contributed by atoms with van der Waals surface area (Å²) in [5.74, 6) is -7.59. The maximum absolute atomic E-state index is 14.0. The summed E-state index contributed by atoms with van der Waals surface area (Å²) in [5, 5.41) is 0. The zero-order chi connectivity index (χ0) is 28.6. The smallest absolute Gasteiger partial charge is 0.339 e. The van der Waals surface area contributed by atoms with Crippen molar-refractivity contribution in [2.24, 2.45) is 35.5 Å². The van der Waals surface area contributed by atoms with Crippen LogP contribution in [0, 0.1) is 49.4 Å². The number of imide groups is 2. The zero-order valence-electron chi connectivity index (χ0n) is 22.4. The molecule has 4 amide bonds. The van der Waals surface area contributed by atoms with Crippen molar-refractivity contribution in [2.45, 2.75) is 13.8 Å². The molecule has 4 atom stereocenters. The molecule has 41 heavy (non-hydrogen) atoms. The lowest BCUT2D eigenvalue weighted by molar-refractivity contribution is -0.142. The van der Waals surface area contributed by atoms with Crippen LogP contribution in [0.15, 0.2) is 90.5 Å². The Labute approximate surface area is 236 Å². The molecule has 3 aliphatic carbocycles. The van der Waals surface area contributed by atoms with Gasteiger partial charge in [-0.15, -0.1) is 0 Å². The molecule has 5 aliphatic rings. The predicted octanol–water partition coefficient (Wildman–Crippen LogP) is 4.01. The van der Waals surface area contributed by atoms with E-state index in [0.29, 0.717) is 17.1 Å². The van der Waals surface area contributed by atoms with E-state index in [1.807, 2.05) is 38.1 Å². The highest BCUT2D eigenvalue weighted by atomic mass is 16.5. The number of carbonyl (C=O) groups is 5. The third-order valence-corrected chi connectivity index (χ3v) is 8.90. The Hall–Kier alpha value is -4.85. The number of rotatable bonds is 4. The Morgan fingerprint density at radius 3 is 1.49 bits per heavy atom. The highest BCUT2D eigenvalue weighted by Gasteiger charge is 2.71. The average molecular weight is 547 g/mol. The predicted molar refractivity (Wildman–Crippen MR) is 148 cm³/mol. The van der Waals surface area contributed by atoms with E-state index >= 15 is 0 Å². The third-order valence-electron chi connectivity index (χ3n) is 8.90. The molecule has 2 aliphatic heterocycles. The largest absolute Gasteiger partial charge is 0.423 e. The van der Waals surface area contributed by atoms with Crippen LogP contribution in [0.4, 0.5) is 11.4 Å². The molecule has 3 aromatic rings. The number of allylic oxidation sites excluding steroid dienone is 1. The number of nitrogens with zero attached hydrogens (tertiary/aromatic N) is 2. The lowest BCUT2D eigenvalue weighted by atomic mass is 9.52. The number of aryl methyl sites for hydroxylation is 2. The van der Waals surface area contributed by atoms with Crippen molar-refractivity contribution in [2.75, 3.05) is 9.80 Å². The van der Waals surface area contributed by atoms with Crippen LogP contribution in [-0.2, 0) is 24.0 Å². The van der Waals surface area contributed by atoms with Crippen LogP contribution in [0.2, 0.25) is 0 Å². The van der Waals surface area contributed by atoms with Gasteiger partial charge in [-0.2, -0.15) is 0 Å². The number of ether oxygens (including phenoxy) is 1. The van der Waals surface area contributed by atoms with Crippen LogP contribution in [0.3, 0.4) is 0 Å². The Kier molecular flexibility index (Phi) is 5.57. The Balaban J connectivity index is 1.33. The van der Waals surface area contributed by atoms with Gasteiger partial charge in [-0.1, -0.05) is 59.7 Å². The van der Waals surface area contributed by atoms with E-state index in [1.54, 1.807) is 60.7 Å². The fraction of sp³-hybridized carbons (Fsp3) is 0.242. The van der Waals surface area contributed by atoms with Gasteiger partial charge in [0, 0.05) is 17.4 Å². The first-order chi connectivity index (χ1) is 19.8. The van der Waals surface area contributed by atoms with E-state index in [9.17, 15) is 24.0 Å². The zero-order valence-corrected chi connectivity index (χ0v) is 22.4. The van der Waals surface area contributed by atoms with E-state index in [2.05, 4.69) is 0 Å². The molecule has 204 valence electrons. The molecule has 8 heteroatoms. The molecule has 0 N–H and O–H groups in total. The van der Waals surface area contributed by atoms with Gasteiger partial charge in [0.05, 0.1) is 35.0 Å². The lowest BCUT2D eigenvalue weighted by Gasteiger charge is -2.46. The standard InChI is InChI=1S/C33H26N2O6/c1-17-8-12-19(13-9-17)34-29(36)25-22-16-23(33(40)41-21-6-4-3-5-7-21)24(27(25)31(34)38)28-26(22)30(37)35(32(28)39)20-14-10-18(2)11-15-20/h3-16,22,24-28H,1-2H3. The summed E-state index contributed by atoms with van der Waals surface area (Å²) in [6.45, 7) is 3.81. The van der Waals surface area contributed by atoms with Gasteiger partial charge in [-0.25, -0.2) is 4.79 Å². The first-order valence-corrected chi connectivity index (χ1v) is 13.6. The Bertz CT molecular complexity index is 1570. The van der Waals surface area contributed by atoms with Crippen LogP contribution in [0.25, 0.3) is 0 Å². The van der Waals surface area contributed by atoms with Crippen molar-refractivity contribution in [1.82, 2.24) is 0 Å². The molecule has 3 aromatic carbocycles. The molecule has 3 fully saturated rings. The van der Waals surface area contributed by atoms with E-state index in [0.717, 1.165) is 20.9 Å². The van der Waals surface area contributed by atoms with Crippen LogP contribution < -0.4 is 14.5 Å². The quantitative estimate of drug-likeness (QED) is 0.279. The number of hydrogen-bond donors (Lipinski definition) is 0.